The minimum atomic E-state index is -0.932. The van der Waals surface area contributed by atoms with Gasteiger partial charge in [-0.3, -0.25) is 4.79 Å². The number of amides is 1. The van der Waals surface area contributed by atoms with Crippen LogP contribution in [-0.2, 0) is 17.9 Å². The molecule has 2 rings (SSSR count). The third kappa shape index (κ3) is 3.27. The van der Waals surface area contributed by atoms with Gasteiger partial charge in [-0.1, -0.05) is 24.3 Å². The Hall–Kier alpha value is -1.46. The molecule has 1 amide bonds. The fourth-order valence-corrected chi connectivity index (χ4v) is 2.04. The lowest BCUT2D eigenvalue weighted by Crippen LogP contribution is -2.40. The average Bonchev–Trinajstić information content (AvgIpc) is 2.83. The van der Waals surface area contributed by atoms with Gasteiger partial charge in [0.2, 0.25) is 5.91 Å². The molecule has 0 aliphatic carbocycles. The number of halogens is 1. The molecule has 1 heterocycles. The Morgan fingerprint density at radius 1 is 1.50 bits per heavy atom. The minimum Gasteiger partial charge on any atom is -0.392 e. The van der Waals surface area contributed by atoms with Gasteiger partial charge >= 0.3 is 0 Å². The Bertz CT molecular complexity index is 425. The lowest BCUT2D eigenvalue weighted by molar-refractivity contribution is -0.123. The summed E-state index contributed by atoms with van der Waals surface area (Å²) >= 11 is 0. The third-order valence-corrected chi connectivity index (χ3v) is 3.03. The van der Waals surface area contributed by atoms with Crippen molar-refractivity contribution >= 4 is 5.91 Å². The van der Waals surface area contributed by atoms with Crippen molar-refractivity contribution in [3.63, 3.8) is 0 Å². The Morgan fingerprint density at radius 3 is 2.94 bits per heavy atom. The molecule has 1 saturated heterocycles. The zero-order valence-corrected chi connectivity index (χ0v) is 10.0. The Morgan fingerprint density at radius 2 is 2.28 bits per heavy atom. The van der Waals surface area contributed by atoms with Crippen LogP contribution in [0.2, 0.25) is 0 Å². The maximum atomic E-state index is 12.9. The molecular formula is C13H17FN2O2. The molecule has 1 fully saturated rings. The number of rotatable bonds is 4. The first-order valence-corrected chi connectivity index (χ1v) is 6.03. The van der Waals surface area contributed by atoms with Crippen molar-refractivity contribution in [2.45, 2.75) is 31.8 Å². The smallest absolute Gasteiger partial charge is 0.237 e. The topological polar surface area (TPSA) is 61.4 Å². The Kier molecular flexibility index (Phi) is 4.28. The molecule has 0 aromatic heterocycles. The van der Waals surface area contributed by atoms with E-state index in [1.54, 1.807) is 0 Å². The van der Waals surface area contributed by atoms with Crippen LogP contribution >= 0.6 is 0 Å². The van der Waals surface area contributed by atoms with Crippen LogP contribution in [0.5, 0.6) is 0 Å². The predicted molar refractivity (Wildman–Crippen MR) is 65.5 cm³/mol. The number of benzene rings is 1. The molecule has 0 saturated carbocycles. The molecule has 4 nitrogen and oxygen atoms in total. The van der Waals surface area contributed by atoms with E-state index in [9.17, 15) is 9.18 Å². The van der Waals surface area contributed by atoms with Crippen molar-refractivity contribution in [1.82, 2.24) is 10.6 Å². The van der Waals surface area contributed by atoms with Crippen LogP contribution < -0.4 is 10.6 Å². The number of hydrogen-bond acceptors (Lipinski definition) is 3. The molecule has 5 heteroatoms. The second-order valence-corrected chi connectivity index (χ2v) is 4.49. The molecule has 3 N–H and O–H groups in total. The maximum absolute atomic E-state index is 12.9. The van der Waals surface area contributed by atoms with Crippen molar-refractivity contribution in [3.8, 4) is 0 Å². The van der Waals surface area contributed by atoms with Gasteiger partial charge in [0.05, 0.1) is 12.6 Å². The second-order valence-electron chi connectivity index (χ2n) is 4.49. The van der Waals surface area contributed by atoms with Gasteiger partial charge < -0.3 is 15.7 Å². The van der Waals surface area contributed by atoms with Gasteiger partial charge in [-0.25, -0.2) is 4.39 Å². The summed E-state index contributed by atoms with van der Waals surface area (Å²) in [5.74, 6) is -0.176. The first-order valence-electron chi connectivity index (χ1n) is 6.03. The highest BCUT2D eigenvalue weighted by Crippen LogP contribution is 2.10. The SMILES string of the molecule is O=C(NCc1cccc(CO)c1)[C@H]1C[C@H](F)CN1. The Labute approximate surface area is 105 Å². The van der Waals surface area contributed by atoms with E-state index in [-0.39, 0.29) is 25.5 Å². The maximum Gasteiger partial charge on any atom is 0.237 e. The van der Waals surface area contributed by atoms with Crippen molar-refractivity contribution in [3.05, 3.63) is 35.4 Å². The monoisotopic (exact) mass is 252 g/mol. The van der Waals surface area contributed by atoms with Crippen LogP contribution in [0, 0.1) is 0 Å². The van der Waals surface area contributed by atoms with E-state index in [1.165, 1.54) is 0 Å². The van der Waals surface area contributed by atoms with Crippen molar-refractivity contribution in [2.24, 2.45) is 0 Å². The fraction of sp³-hybridized carbons (Fsp3) is 0.462. The summed E-state index contributed by atoms with van der Waals surface area (Å²) in [6.07, 6.45) is -0.693. The molecule has 1 aromatic carbocycles. The number of hydrogen-bond donors (Lipinski definition) is 3. The van der Waals surface area contributed by atoms with Crippen molar-refractivity contribution in [1.29, 1.82) is 0 Å². The molecule has 18 heavy (non-hydrogen) atoms. The van der Waals surface area contributed by atoms with Crippen LogP contribution in [-0.4, -0.2) is 29.8 Å². The summed E-state index contributed by atoms with van der Waals surface area (Å²) in [4.78, 5) is 11.7. The normalized spacial score (nSPS) is 23.0. The molecule has 0 spiro atoms. The standard InChI is InChI=1S/C13H17FN2O2/c14-11-5-12(15-7-11)13(18)16-6-9-2-1-3-10(4-9)8-17/h1-4,11-12,15,17H,5-8H2,(H,16,18)/t11-,12+/m0/s1. The summed E-state index contributed by atoms with van der Waals surface area (Å²) in [5, 5.41) is 14.6. The molecular weight excluding hydrogens is 235 g/mol. The fourth-order valence-electron chi connectivity index (χ4n) is 2.04. The van der Waals surface area contributed by atoms with Gasteiger partial charge in [0.25, 0.3) is 0 Å². The number of carbonyl (C=O) groups is 1. The molecule has 1 aliphatic rings. The predicted octanol–water partition coefficient (Wildman–Crippen LogP) is 0.495. The van der Waals surface area contributed by atoms with Gasteiger partial charge in [-0.2, -0.15) is 0 Å². The molecule has 0 bridgehead atoms. The van der Waals surface area contributed by atoms with Gasteiger partial charge in [-0.05, 0) is 11.1 Å². The summed E-state index contributed by atoms with van der Waals surface area (Å²) in [5.41, 5.74) is 1.73. The van der Waals surface area contributed by atoms with E-state index >= 15 is 0 Å². The second kappa shape index (κ2) is 5.93. The highest BCUT2D eigenvalue weighted by molar-refractivity contribution is 5.82. The number of nitrogens with one attached hydrogen (secondary N) is 2. The van der Waals surface area contributed by atoms with Crippen molar-refractivity contribution < 1.29 is 14.3 Å². The van der Waals surface area contributed by atoms with E-state index in [1.807, 2.05) is 24.3 Å². The first kappa shape index (κ1) is 13.0. The number of carbonyl (C=O) groups excluding carboxylic acids is 1. The van der Waals surface area contributed by atoms with E-state index in [0.29, 0.717) is 6.54 Å². The lowest BCUT2D eigenvalue weighted by Gasteiger charge is -2.11. The molecule has 0 radical (unpaired) electrons. The number of alkyl halides is 1. The van der Waals surface area contributed by atoms with Crippen LogP contribution in [0.15, 0.2) is 24.3 Å². The summed E-state index contributed by atoms with van der Waals surface area (Å²) < 4.78 is 12.9. The van der Waals surface area contributed by atoms with E-state index in [0.717, 1.165) is 11.1 Å². The largest absolute Gasteiger partial charge is 0.392 e. The lowest BCUT2D eigenvalue weighted by atomic mass is 10.1. The van der Waals surface area contributed by atoms with Gasteiger partial charge in [0, 0.05) is 19.5 Å². The van der Waals surface area contributed by atoms with Crippen LogP contribution in [0.1, 0.15) is 17.5 Å². The zero-order valence-electron chi connectivity index (χ0n) is 10.0. The van der Waals surface area contributed by atoms with Crippen LogP contribution in [0.3, 0.4) is 0 Å². The van der Waals surface area contributed by atoms with E-state index in [4.69, 9.17) is 5.11 Å². The van der Waals surface area contributed by atoms with Crippen LogP contribution in [0.25, 0.3) is 0 Å². The average molecular weight is 252 g/mol. The van der Waals surface area contributed by atoms with Crippen molar-refractivity contribution in [2.75, 3.05) is 6.54 Å². The van der Waals surface area contributed by atoms with Gasteiger partial charge in [0.1, 0.15) is 6.17 Å². The first-order chi connectivity index (χ1) is 8.69. The molecule has 1 aromatic rings. The van der Waals surface area contributed by atoms with Crippen LogP contribution in [0.4, 0.5) is 4.39 Å². The number of aliphatic hydroxyl groups is 1. The number of aliphatic hydroxyl groups excluding tert-OH is 1. The molecule has 0 unspecified atom stereocenters. The van der Waals surface area contributed by atoms with Gasteiger partial charge in [-0.15, -0.1) is 0 Å². The molecule has 1 aliphatic heterocycles. The zero-order chi connectivity index (χ0) is 13.0. The minimum absolute atomic E-state index is 0.0184. The van der Waals surface area contributed by atoms with Gasteiger partial charge in [0.15, 0.2) is 0 Å². The third-order valence-electron chi connectivity index (χ3n) is 3.03. The van der Waals surface area contributed by atoms with E-state index in [2.05, 4.69) is 10.6 Å². The van der Waals surface area contributed by atoms with E-state index < -0.39 is 12.2 Å². The summed E-state index contributed by atoms with van der Waals surface area (Å²) in [6, 6.07) is 6.93. The summed E-state index contributed by atoms with van der Waals surface area (Å²) in [6.45, 7) is 0.620. The molecule has 98 valence electrons. The summed E-state index contributed by atoms with van der Waals surface area (Å²) in [7, 11) is 0. The highest BCUT2D eigenvalue weighted by Gasteiger charge is 2.28. The quantitative estimate of drug-likeness (QED) is 0.731. The molecule has 2 atom stereocenters. The highest BCUT2D eigenvalue weighted by atomic mass is 19.1. The Balaban J connectivity index is 1.85.